The topological polar surface area (TPSA) is 106 Å². The van der Waals surface area contributed by atoms with Crippen LogP contribution in [0.4, 0.5) is 9.39 Å². The maximum absolute atomic E-state index is 13.4. The first-order valence-electron chi connectivity index (χ1n) is 9.93. The number of anilines is 1. The molecule has 4 aromatic rings. The number of rotatable bonds is 7. The van der Waals surface area contributed by atoms with E-state index in [1.165, 1.54) is 53.6 Å². The highest BCUT2D eigenvalue weighted by atomic mass is 32.1. The molecule has 170 valence electrons. The fourth-order valence-corrected chi connectivity index (χ4v) is 3.85. The second-order valence-corrected chi connectivity index (χ2v) is 7.86. The summed E-state index contributed by atoms with van der Waals surface area (Å²) >= 11 is 1.19. The Bertz CT molecular complexity index is 1390. The van der Waals surface area contributed by atoms with Crippen LogP contribution in [0.1, 0.15) is 15.9 Å². The lowest BCUT2D eigenvalue weighted by atomic mass is 10.1. The fraction of sp³-hybridized carbons (Fsp3) is 0.0833. The zero-order chi connectivity index (χ0) is 24.1. The number of carbonyl (C=O) groups excluding carboxylic acids is 2. The van der Waals surface area contributed by atoms with E-state index in [2.05, 4.69) is 10.4 Å². The highest BCUT2D eigenvalue weighted by Crippen LogP contribution is 2.28. The van der Waals surface area contributed by atoms with Gasteiger partial charge in [-0.05, 0) is 47.8 Å². The summed E-state index contributed by atoms with van der Waals surface area (Å²) < 4.78 is 25.3. The molecule has 1 amide bonds. The van der Waals surface area contributed by atoms with Gasteiger partial charge in [0.25, 0.3) is 5.91 Å². The number of hydrogen-bond acceptors (Lipinski definition) is 7. The summed E-state index contributed by atoms with van der Waals surface area (Å²) in [5, 5.41) is 18.1. The number of benzene rings is 2. The molecule has 1 N–H and O–H groups in total. The van der Waals surface area contributed by atoms with Crippen LogP contribution in [0.5, 0.6) is 5.75 Å². The summed E-state index contributed by atoms with van der Waals surface area (Å²) in [6.45, 7) is -0.555. The molecule has 4 rings (SSSR count). The van der Waals surface area contributed by atoms with Gasteiger partial charge in [-0.2, -0.15) is 10.4 Å². The van der Waals surface area contributed by atoms with Gasteiger partial charge in [0.05, 0.1) is 18.4 Å². The van der Waals surface area contributed by atoms with Gasteiger partial charge in [-0.25, -0.2) is 13.9 Å². The number of carbonyl (C=O) groups is 2. The van der Waals surface area contributed by atoms with Crippen molar-refractivity contribution in [3.8, 4) is 28.8 Å². The van der Waals surface area contributed by atoms with Crippen molar-refractivity contribution in [3.05, 3.63) is 83.1 Å². The van der Waals surface area contributed by atoms with Crippen LogP contribution in [0.25, 0.3) is 16.9 Å². The number of esters is 1. The van der Waals surface area contributed by atoms with E-state index in [9.17, 15) is 14.0 Å². The van der Waals surface area contributed by atoms with E-state index in [1.807, 2.05) is 6.07 Å². The van der Waals surface area contributed by atoms with Crippen molar-refractivity contribution >= 4 is 28.2 Å². The fourth-order valence-electron chi connectivity index (χ4n) is 3.10. The van der Waals surface area contributed by atoms with Crippen LogP contribution in [0.2, 0.25) is 0 Å². The van der Waals surface area contributed by atoms with Crippen molar-refractivity contribution in [2.24, 2.45) is 0 Å². The molecule has 34 heavy (non-hydrogen) atoms. The van der Waals surface area contributed by atoms with Crippen LogP contribution in [0.15, 0.2) is 66.2 Å². The van der Waals surface area contributed by atoms with Gasteiger partial charge in [-0.15, -0.1) is 11.3 Å². The van der Waals surface area contributed by atoms with Crippen molar-refractivity contribution in [2.75, 3.05) is 19.0 Å². The third-order valence-corrected chi connectivity index (χ3v) is 5.57. The minimum absolute atomic E-state index is 0.110. The van der Waals surface area contributed by atoms with Gasteiger partial charge in [0, 0.05) is 11.8 Å². The Morgan fingerprint density at radius 2 is 2.00 bits per heavy atom. The molecular weight excluding hydrogens is 459 g/mol. The predicted octanol–water partition coefficient (Wildman–Crippen LogP) is 4.42. The molecule has 0 aliphatic heterocycles. The Morgan fingerprint density at radius 1 is 1.21 bits per heavy atom. The molecule has 2 heterocycles. The van der Waals surface area contributed by atoms with Crippen molar-refractivity contribution in [3.63, 3.8) is 0 Å². The molecule has 0 radical (unpaired) electrons. The molecule has 0 bridgehead atoms. The van der Waals surface area contributed by atoms with Crippen molar-refractivity contribution in [1.82, 2.24) is 9.78 Å². The summed E-state index contributed by atoms with van der Waals surface area (Å²) in [4.78, 5) is 25.2. The summed E-state index contributed by atoms with van der Waals surface area (Å²) in [7, 11) is 1.52. The van der Waals surface area contributed by atoms with Crippen molar-refractivity contribution in [2.45, 2.75) is 0 Å². The second-order valence-electron chi connectivity index (χ2n) is 6.94. The molecule has 0 saturated heterocycles. The van der Waals surface area contributed by atoms with Crippen LogP contribution in [-0.4, -0.2) is 35.4 Å². The van der Waals surface area contributed by atoms with Crippen LogP contribution >= 0.6 is 11.3 Å². The molecule has 0 aliphatic carbocycles. The smallest absolute Gasteiger partial charge is 0.342 e. The number of nitrogens with one attached hydrogen (secondary N) is 1. The predicted molar refractivity (Wildman–Crippen MR) is 123 cm³/mol. The highest BCUT2D eigenvalue weighted by Gasteiger charge is 2.21. The van der Waals surface area contributed by atoms with Gasteiger partial charge >= 0.3 is 5.97 Å². The zero-order valence-electron chi connectivity index (χ0n) is 17.8. The van der Waals surface area contributed by atoms with E-state index in [0.717, 1.165) is 0 Å². The minimum atomic E-state index is -0.770. The number of nitriles is 1. The number of ether oxygens (including phenoxy) is 2. The first kappa shape index (κ1) is 22.7. The van der Waals surface area contributed by atoms with Crippen LogP contribution in [0, 0.1) is 17.1 Å². The zero-order valence-corrected chi connectivity index (χ0v) is 18.6. The molecule has 0 aliphatic rings. The monoisotopic (exact) mass is 476 g/mol. The molecule has 0 atom stereocenters. The van der Waals surface area contributed by atoms with Crippen LogP contribution in [0.3, 0.4) is 0 Å². The standard InChI is InChI=1S/C24H17FN4O4S/c1-32-19-4-2-3-15(11-19)22-20(13-29(28-22)18-7-5-17(25)6-8-18)24(31)33-14-21(30)27-23-16(12-26)9-10-34-23/h2-11,13H,14H2,1H3,(H,27,30). The third kappa shape index (κ3) is 4.95. The summed E-state index contributed by atoms with van der Waals surface area (Å²) in [6.07, 6.45) is 1.45. The first-order valence-corrected chi connectivity index (χ1v) is 10.8. The number of methoxy groups -OCH3 is 1. The van der Waals surface area contributed by atoms with E-state index >= 15 is 0 Å². The van der Waals surface area contributed by atoms with Gasteiger partial charge in [0.1, 0.15) is 33.9 Å². The largest absolute Gasteiger partial charge is 0.497 e. The molecule has 0 spiro atoms. The average molecular weight is 476 g/mol. The molecule has 0 saturated carbocycles. The molecule has 0 fully saturated rings. The van der Waals surface area contributed by atoms with Crippen molar-refractivity contribution in [1.29, 1.82) is 5.26 Å². The number of thiophene rings is 1. The van der Waals surface area contributed by atoms with Gasteiger partial charge in [-0.3, -0.25) is 4.79 Å². The van der Waals surface area contributed by atoms with E-state index in [4.69, 9.17) is 14.7 Å². The molecule has 0 unspecified atom stereocenters. The van der Waals surface area contributed by atoms with Gasteiger partial charge in [0.15, 0.2) is 6.61 Å². The Morgan fingerprint density at radius 3 is 2.74 bits per heavy atom. The SMILES string of the molecule is COc1cccc(-c2nn(-c3ccc(F)cc3)cc2C(=O)OCC(=O)Nc2sccc2C#N)c1. The molecule has 2 aromatic carbocycles. The Labute approximate surface area is 197 Å². The second kappa shape index (κ2) is 9.97. The normalized spacial score (nSPS) is 10.4. The summed E-state index contributed by atoms with van der Waals surface area (Å²) in [5.74, 6) is -1.19. The Kier molecular flexibility index (Phi) is 6.66. The molecule has 8 nitrogen and oxygen atoms in total. The molecular formula is C24H17FN4O4S. The Balaban J connectivity index is 1.59. The number of aromatic nitrogens is 2. The molecule has 10 heteroatoms. The number of amides is 1. The van der Waals surface area contributed by atoms with Crippen molar-refractivity contribution < 1.29 is 23.5 Å². The van der Waals surface area contributed by atoms with E-state index < -0.39 is 24.3 Å². The number of nitrogens with zero attached hydrogens (tertiary/aromatic N) is 3. The summed E-state index contributed by atoms with van der Waals surface area (Å²) in [5.41, 5.74) is 1.86. The van der Waals surface area contributed by atoms with Gasteiger partial charge in [0.2, 0.25) is 0 Å². The quantitative estimate of drug-likeness (QED) is 0.396. The summed E-state index contributed by atoms with van der Waals surface area (Å²) in [6, 6.07) is 16.1. The molecule has 2 aromatic heterocycles. The third-order valence-electron chi connectivity index (χ3n) is 4.74. The van der Waals surface area contributed by atoms with Gasteiger partial charge in [-0.1, -0.05) is 12.1 Å². The van der Waals surface area contributed by atoms with E-state index in [0.29, 0.717) is 33.3 Å². The average Bonchev–Trinajstić information content (AvgIpc) is 3.50. The minimum Gasteiger partial charge on any atom is -0.497 e. The Hall–Kier alpha value is -4.49. The maximum atomic E-state index is 13.4. The van der Waals surface area contributed by atoms with Crippen LogP contribution in [-0.2, 0) is 9.53 Å². The maximum Gasteiger partial charge on any atom is 0.342 e. The number of halogens is 1. The van der Waals surface area contributed by atoms with Crippen LogP contribution < -0.4 is 10.1 Å². The number of hydrogen-bond donors (Lipinski definition) is 1. The first-order chi connectivity index (χ1) is 16.5. The lowest BCUT2D eigenvalue weighted by molar-refractivity contribution is -0.119. The van der Waals surface area contributed by atoms with E-state index in [1.54, 1.807) is 35.7 Å². The van der Waals surface area contributed by atoms with E-state index in [-0.39, 0.29) is 5.56 Å². The highest BCUT2D eigenvalue weighted by molar-refractivity contribution is 7.14. The lowest BCUT2D eigenvalue weighted by Gasteiger charge is -2.06. The van der Waals surface area contributed by atoms with Gasteiger partial charge < -0.3 is 14.8 Å². The lowest BCUT2D eigenvalue weighted by Crippen LogP contribution is -2.21.